The number of phosphoric ester groups is 1. The van der Waals surface area contributed by atoms with E-state index in [2.05, 4.69) is 15.2 Å². The van der Waals surface area contributed by atoms with Crippen molar-refractivity contribution in [3.63, 3.8) is 0 Å². The molecule has 0 heterocycles. The third-order valence-electron chi connectivity index (χ3n) is 5.33. The van der Waals surface area contributed by atoms with E-state index in [1.54, 1.807) is 0 Å². The van der Waals surface area contributed by atoms with Gasteiger partial charge in [-0.1, -0.05) is 0 Å². The Hall–Kier alpha value is -1.50. The molecule has 312 valence electrons. The number of phosphoric acid groups is 1. The Labute approximate surface area is 272 Å². The van der Waals surface area contributed by atoms with Gasteiger partial charge in [0.05, 0.1) is 39.1 Å². The van der Waals surface area contributed by atoms with Crippen LogP contribution in [-0.4, -0.2) is 154 Å². The number of nitrogens with one attached hydrogen (secondary N) is 2. The summed E-state index contributed by atoms with van der Waals surface area (Å²) in [6.07, 6.45) is -23.6. The smallest absolute Gasteiger partial charge is 0.395 e. The fourth-order valence-electron chi connectivity index (χ4n) is 2.79. The van der Waals surface area contributed by atoms with Crippen molar-refractivity contribution in [2.75, 3.05) is 59.2 Å². The Balaban J connectivity index is -0.00000137. The van der Waals surface area contributed by atoms with Gasteiger partial charge >= 0.3 is 61.4 Å². The van der Waals surface area contributed by atoms with E-state index in [0.717, 1.165) is 0 Å². The fourth-order valence-corrected chi connectivity index (χ4v) is 3.15. The zero-order chi connectivity index (χ0) is 41.8. The van der Waals surface area contributed by atoms with E-state index in [4.69, 9.17) is 35.3 Å². The van der Waals surface area contributed by atoms with Crippen molar-refractivity contribution in [2.24, 2.45) is 0 Å². The summed E-state index contributed by atoms with van der Waals surface area (Å²) in [5.41, 5.74) is -8.84. The van der Waals surface area contributed by atoms with Crippen LogP contribution in [0.4, 0.5) is 83.4 Å². The third-order valence-corrected chi connectivity index (χ3v) is 5.82. The topological polar surface area (TPSA) is 192 Å². The number of hydrogen-bond acceptors (Lipinski definition) is 9. The Bertz CT molecular complexity index is 1010. The molecule has 1 unspecified atom stereocenters. The van der Waals surface area contributed by atoms with Gasteiger partial charge in [0, 0.05) is 32.6 Å². The van der Waals surface area contributed by atoms with Crippen LogP contribution < -0.4 is 10.6 Å². The van der Waals surface area contributed by atoms with Gasteiger partial charge in [0.25, 0.3) is 0 Å². The quantitative estimate of drug-likeness (QED) is 0.0529. The van der Waals surface area contributed by atoms with Crippen LogP contribution in [0.5, 0.6) is 0 Å². The normalized spacial score (nSPS) is 15.1. The summed E-state index contributed by atoms with van der Waals surface area (Å²) in [5, 5.41) is 47.0. The molecule has 0 aliphatic heterocycles. The van der Waals surface area contributed by atoms with E-state index in [1.807, 2.05) is 0 Å². The summed E-state index contributed by atoms with van der Waals surface area (Å²) in [5.74, 6) is -51.3. The highest BCUT2D eigenvalue weighted by molar-refractivity contribution is 7.46. The van der Waals surface area contributed by atoms with Gasteiger partial charge in [-0.3, -0.25) is 4.52 Å². The molecule has 9 N–H and O–H groups in total. The number of aliphatic hydroxyl groups excluding tert-OH is 5. The second-order valence-corrected chi connectivity index (χ2v) is 10.5. The summed E-state index contributed by atoms with van der Waals surface area (Å²) in [7, 11) is -5.73. The average Bonchev–Trinajstić information content (AvgIpc) is 2.94. The molecule has 0 aromatic carbocycles. The molecule has 0 fully saturated rings. The van der Waals surface area contributed by atoms with Crippen LogP contribution in [0.2, 0.25) is 0 Å². The summed E-state index contributed by atoms with van der Waals surface area (Å²) in [6, 6.07) is 0. The molecule has 0 aromatic rings. The van der Waals surface area contributed by atoms with Crippen molar-refractivity contribution >= 4 is 7.82 Å². The summed E-state index contributed by atoms with van der Waals surface area (Å²) in [4.78, 5) is 16.4. The van der Waals surface area contributed by atoms with Crippen molar-refractivity contribution in [3.8, 4) is 0 Å². The zero-order valence-corrected chi connectivity index (χ0v) is 25.6. The predicted octanol–water partition coefficient (Wildman–Crippen LogP) is 2.61. The SMILES string of the molecule is O=P(O)(O)OCC(O)CC(F)(F)C(F)(F)C(F)(F)C(F)(F)C(F)(F)C(F)(F)C(F)(C(F)(F)F)C(F)(F)F.OCCNCCO.OCCNCCO. The lowest BCUT2D eigenvalue weighted by Crippen LogP contribution is -2.77. The van der Waals surface area contributed by atoms with Crippen molar-refractivity contribution in [1.29, 1.82) is 0 Å². The first-order chi connectivity index (χ1) is 22.4. The molecular weight excluding hydrogens is 804 g/mol. The number of aliphatic hydroxyl groups is 5. The minimum absolute atomic E-state index is 0.139. The summed E-state index contributed by atoms with van der Waals surface area (Å²) in [6.45, 7) is 0.635. The maximum Gasteiger partial charge on any atom is 0.469 e. The van der Waals surface area contributed by atoms with Crippen molar-refractivity contribution in [3.05, 3.63) is 0 Å². The number of hydrogen-bond donors (Lipinski definition) is 9. The van der Waals surface area contributed by atoms with Crippen LogP contribution in [0.25, 0.3) is 0 Å². The van der Waals surface area contributed by atoms with Crippen molar-refractivity contribution < 1.29 is 128 Å². The average molecular weight is 834 g/mol. The van der Waals surface area contributed by atoms with Gasteiger partial charge in [-0.25, -0.2) is 8.96 Å². The van der Waals surface area contributed by atoms with E-state index < -0.39 is 80.5 Å². The molecule has 0 aromatic heterocycles. The first-order valence-electron chi connectivity index (χ1n) is 12.8. The predicted molar refractivity (Wildman–Crippen MR) is 128 cm³/mol. The van der Waals surface area contributed by atoms with Gasteiger partial charge in [-0.2, -0.15) is 79.0 Å². The second kappa shape index (κ2) is 19.7. The Kier molecular flexibility index (Phi) is 20.8. The third kappa shape index (κ3) is 13.1. The molecule has 0 saturated heterocycles. The largest absolute Gasteiger partial charge is 0.469 e. The van der Waals surface area contributed by atoms with E-state index in [9.17, 15) is 88.0 Å². The molecule has 0 saturated carbocycles. The zero-order valence-electron chi connectivity index (χ0n) is 24.7. The van der Waals surface area contributed by atoms with Crippen LogP contribution in [0.3, 0.4) is 0 Å². The highest BCUT2D eigenvalue weighted by Crippen LogP contribution is 2.66. The van der Waals surface area contributed by atoms with Gasteiger partial charge in [0.15, 0.2) is 0 Å². The van der Waals surface area contributed by atoms with Crippen LogP contribution in [0.15, 0.2) is 0 Å². The van der Waals surface area contributed by atoms with E-state index in [-0.39, 0.29) is 26.4 Å². The highest BCUT2D eigenvalue weighted by Gasteiger charge is 2.98. The van der Waals surface area contributed by atoms with Gasteiger partial charge in [0.1, 0.15) is 0 Å². The Morgan fingerprint density at radius 2 is 0.784 bits per heavy atom. The molecule has 0 amide bonds. The standard InChI is InChI=1S/C12H8F19O5P.2C4H11NO2/c13-4(14,1-3(32)2-36-37(33,34)35)6(16,17)8(20,21)10(24,25)9(22,23)7(18,19)5(15,11(26,27)28)12(29,30)31;2*6-3-1-5-2-4-7/h3,32H,1-2H2,(H2,33,34,35);2*5-7H,1-4H2. The second-order valence-electron chi connectivity index (χ2n) is 9.27. The van der Waals surface area contributed by atoms with E-state index in [0.29, 0.717) is 26.2 Å². The molecule has 31 heteroatoms. The Morgan fingerprint density at radius 1 is 0.510 bits per heavy atom. The maximum atomic E-state index is 13.6. The number of halogens is 19. The highest BCUT2D eigenvalue weighted by atomic mass is 31.2. The lowest BCUT2D eigenvalue weighted by atomic mass is 9.83. The minimum Gasteiger partial charge on any atom is -0.395 e. The van der Waals surface area contributed by atoms with Crippen molar-refractivity contribution in [1.82, 2.24) is 10.6 Å². The van der Waals surface area contributed by atoms with Gasteiger partial charge in [0.2, 0.25) is 0 Å². The van der Waals surface area contributed by atoms with Crippen LogP contribution in [-0.2, 0) is 9.09 Å². The van der Waals surface area contributed by atoms with Crippen molar-refractivity contribution in [2.45, 2.75) is 66.1 Å². The number of rotatable bonds is 19. The lowest BCUT2D eigenvalue weighted by molar-refractivity contribution is -0.472. The summed E-state index contributed by atoms with van der Waals surface area (Å²) < 4.78 is 263. The van der Waals surface area contributed by atoms with E-state index >= 15 is 0 Å². The molecule has 0 aliphatic rings. The Morgan fingerprint density at radius 3 is 1.04 bits per heavy atom. The van der Waals surface area contributed by atoms with Gasteiger partial charge < -0.3 is 46.0 Å². The first kappa shape index (κ1) is 53.8. The van der Waals surface area contributed by atoms with Gasteiger partial charge in [-0.05, 0) is 0 Å². The molecule has 0 radical (unpaired) electrons. The fraction of sp³-hybridized carbons (Fsp3) is 1.00. The monoisotopic (exact) mass is 834 g/mol. The molecule has 51 heavy (non-hydrogen) atoms. The van der Waals surface area contributed by atoms with E-state index in [1.165, 1.54) is 0 Å². The molecular formula is C20H30F19N2O9P. The van der Waals surface area contributed by atoms with Crippen LogP contribution in [0.1, 0.15) is 6.42 Å². The molecule has 0 rings (SSSR count). The van der Waals surface area contributed by atoms with Crippen LogP contribution >= 0.6 is 7.82 Å². The minimum atomic E-state index is -9.16. The molecule has 0 bridgehead atoms. The van der Waals surface area contributed by atoms with Gasteiger partial charge in [-0.15, -0.1) is 0 Å². The lowest BCUT2D eigenvalue weighted by Gasteiger charge is -2.45. The molecule has 0 spiro atoms. The van der Waals surface area contributed by atoms with Crippen LogP contribution in [0, 0.1) is 0 Å². The molecule has 11 nitrogen and oxygen atoms in total. The molecule has 0 aliphatic carbocycles. The number of alkyl halides is 19. The molecule has 1 atom stereocenters. The first-order valence-corrected chi connectivity index (χ1v) is 14.3. The summed E-state index contributed by atoms with van der Waals surface area (Å²) >= 11 is 0. The maximum absolute atomic E-state index is 13.6.